The molecular formula is C22H22N4O5. The third-order valence-electron chi connectivity index (χ3n) is 5.23. The molecule has 2 unspecified atom stereocenters. The largest absolute Gasteiger partial charge is 0.497 e. The van der Waals surface area contributed by atoms with Gasteiger partial charge in [0.25, 0.3) is 5.91 Å². The van der Waals surface area contributed by atoms with Crippen LogP contribution in [0.15, 0.2) is 59.2 Å². The average molecular weight is 422 g/mol. The summed E-state index contributed by atoms with van der Waals surface area (Å²) in [7, 11) is 3.26. The highest BCUT2D eigenvalue weighted by Crippen LogP contribution is 2.29. The average Bonchev–Trinajstić information content (AvgIpc) is 3.28. The van der Waals surface area contributed by atoms with Crippen molar-refractivity contribution in [3.05, 3.63) is 65.9 Å². The Morgan fingerprint density at radius 3 is 2.61 bits per heavy atom. The van der Waals surface area contributed by atoms with Crippen molar-refractivity contribution in [1.82, 2.24) is 20.5 Å². The molecule has 0 saturated carbocycles. The van der Waals surface area contributed by atoms with Gasteiger partial charge in [-0.05, 0) is 35.0 Å². The number of morpholine rings is 1. The van der Waals surface area contributed by atoms with Gasteiger partial charge in [0.2, 0.25) is 5.91 Å². The zero-order valence-electron chi connectivity index (χ0n) is 17.1. The Balaban J connectivity index is 1.49. The number of nitrogens with zero attached hydrogens (tertiary/aromatic N) is 3. The van der Waals surface area contributed by atoms with Crippen molar-refractivity contribution in [2.45, 2.75) is 18.7 Å². The Bertz CT molecular complexity index is 1050. The van der Waals surface area contributed by atoms with Crippen LogP contribution in [0.5, 0.6) is 5.75 Å². The first-order valence-electron chi connectivity index (χ1n) is 9.74. The Morgan fingerprint density at radius 2 is 1.90 bits per heavy atom. The van der Waals surface area contributed by atoms with E-state index in [1.807, 2.05) is 42.5 Å². The van der Waals surface area contributed by atoms with Gasteiger partial charge in [0.1, 0.15) is 23.7 Å². The SMILES string of the molecule is COc1ccc(-c2nonc2CNC(=O)C2OCC(=O)N(C)C2c2ccccc2)cc1. The van der Waals surface area contributed by atoms with Crippen molar-refractivity contribution in [2.24, 2.45) is 0 Å². The highest BCUT2D eigenvalue weighted by Gasteiger charge is 2.40. The lowest BCUT2D eigenvalue weighted by molar-refractivity contribution is -0.162. The number of carbonyl (C=O) groups excluding carboxylic acids is 2. The van der Waals surface area contributed by atoms with E-state index in [1.54, 1.807) is 31.2 Å². The zero-order valence-corrected chi connectivity index (χ0v) is 17.1. The lowest BCUT2D eigenvalue weighted by atomic mass is 9.97. The summed E-state index contributed by atoms with van der Waals surface area (Å²) in [6.07, 6.45) is -0.852. The third kappa shape index (κ3) is 4.26. The molecule has 2 atom stereocenters. The van der Waals surface area contributed by atoms with Crippen LogP contribution in [0.4, 0.5) is 0 Å². The molecule has 160 valence electrons. The van der Waals surface area contributed by atoms with Crippen LogP contribution in [0.25, 0.3) is 11.3 Å². The molecular weight excluding hydrogens is 400 g/mol. The number of aromatic nitrogens is 2. The fourth-order valence-electron chi connectivity index (χ4n) is 3.54. The number of likely N-dealkylation sites (N-methyl/N-ethyl adjacent to an activating group) is 1. The van der Waals surface area contributed by atoms with E-state index in [-0.39, 0.29) is 25.0 Å². The lowest BCUT2D eigenvalue weighted by Gasteiger charge is -2.38. The lowest BCUT2D eigenvalue weighted by Crippen LogP contribution is -2.52. The van der Waals surface area contributed by atoms with Crippen molar-refractivity contribution < 1.29 is 23.7 Å². The zero-order chi connectivity index (χ0) is 21.8. The minimum Gasteiger partial charge on any atom is -0.497 e. The van der Waals surface area contributed by atoms with E-state index >= 15 is 0 Å². The van der Waals surface area contributed by atoms with E-state index < -0.39 is 12.1 Å². The highest BCUT2D eigenvalue weighted by atomic mass is 16.6. The number of nitrogens with one attached hydrogen (secondary N) is 1. The van der Waals surface area contributed by atoms with Crippen LogP contribution in [0.3, 0.4) is 0 Å². The molecule has 1 aromatic heterocycles. The summed E-state index contributed by atoms with van der Waals surface area (Å²) in [5, 5.41) is 10.7. The maximum atomic E-state index is 13.0. The van der Waals surface area contributed by atoms with E-state index in [9.17, 15) is 9.59 Å². The summed E-state index contributed by atoms with van der Waals surface area (Å²) in [5.74, 6) is 0.187. The van der Waals surface area contributed by atoms with Crippen molar-refractivity contribution in [3.8, 4) is 17.0 Å². The topological polar surface area (TPSA) is 107 Å². The number of hydrogen-bond acceptors (Lipinski definition) is 7. The van der Waals surface area contributed by atoms with Crippen LogP contribution in [0.2, 0.25) is 0 Å². The van der Waals surface area contributed by atoms with Gasteiger partial charge >= 0.3 is 0 Å². The molecule has 9 heteroatoms. The van der Waals surface area contributed by atoms with Crippen LogP contribution in [0.1, 0.15) is 17.3 Å². The van der Waals surface area contributed by atoms with Gasteiger partial charge in [0.15, 0.2) is 6.10 Å². The van der Waals surface area contributed by atoms with E-state index in [4.69, 9.17) is 14.1 Å². The second-order valence-electron chi connectivity index (χ2n) is 7.10. The number of benzene rings is 2. The Labute approximate surface area is 178 Å². The summed E-state index contributed by atoms with van der Waals surface area (Å²) >= 11 is 0. The molecule has 1 saturated heterocycles. The Morgan fingerprint density at radius 1 is 1.16 bits per heavy atom. The van der Waals surface area contributed by atoms with Crippen molar-refractivity contribution in [1.29, 1.82) is 0 Å². The smallest absolute Gasteiger partial charge is 0.252 e. The van der Waals surface area contributed by atoms with Gasteiger partial charge in [0.05, 0.1) is 19.7 Å². The predicted molar refractivity (Wildman–Crippen MR) is 110 cm³/mol. The van der Waals surface area contributed by atoms with Gasteiger partial charge in [0, 0.05) is 12.6 Å². The molecule has 1 fully saturated rings. The van der Waals surface area contributed by atoms with Crippen molar-refractivity contribution >= 4 is 11.8 Å². The number of carbonyl (C=O) groups is 2. The molecule has 1 aliphatic heterocycles. The van der Waals surface area contributed by atoms with E-state index in [1.165, 1.54) is 0 Å². The molecule has 4 rings (SSSR count). The number of rotatable bonds is 6. The molecule has 0 aliphatic carbocycles. The summed E-state index contributed by atoms with van der Waals surface area (Å²) in [5.41, 5.74) is 2.61. The standard InChI is InChI=1S/C22H22N4O5/c1-26-18(27)13-30-21(20(26)15-6-4-3-5-7-15)22(28)23-12-17-19(25-31-24-17)14-8-10-16(29-2)11-9-14/h3-11,20-21H,12-13H2,1-2H3,(H,23,28). The summed E-state index contributed by atoms with van der Waals surface area (Å²) in [4.78, 5) is 26.7. The minimum atomic E-state index is -0.852. The summed E-state index contributed by atoms with van der Waals surface area (Å²) in [6, 6.07) is 16.1. The Kier molecular flexibility index (Phi) is 5.94. The highest BCUT2D eigenvalue weighted by molar-refractivity contribution is 5.86. The van der Waals surface area contributed by atoms with Crippen molar-refractivity contribution in [2.75, 3.05) is 20.8 Å². The number of hydrogen-bond donors (Lipinski definition) is 1. The number of amides is 2. The van der Waals surface area contributed by atoms with Crippen LogP contribution >= 0.6 is 0 Å². The molecule has 2 aromatic carbocycles. The second-order valence-corrected chi connectivity index (χ2v) is 7.10. The quantitative estimate of drug-likeness (QED) is 0.647. The number of methoxy groups -OCH3 is 1. The molecule has 1 N–H and O–H groups in total. The van der Waals surface area contributed by atoms with E-state index in [0.717, 1.165) is 16.9 Å². The first-order valence-corrected chi connectivity index (χ1v) is 9.74. The minimum absolute atomic E-state index is 0.0999. The molecule has 9 nitrogen and oxygen atoms in total. The van der Waals surface area contributed by atoms with Gasteiger partial charge in [-0.15, -0.1) is 0 Å². The van der Waals surface area contributed by atoms with Gasteiger partial charge in [-0.1, -0.05) is 35.5 Å². The molecule has 2 amide bonds. The van der Waals surface area contributed by atoms with Gasteiger partial charge in [-0.3, -0.25) is 9.59 Å². The molecule has 0 radical (unpaired) electrons. The maximum Gasteiger partial charge on any atom is 0.252 e. The Hall–Kier alpha value is -3.72. The van der Waals surface area contributed by atoms with Crippen LogP contribution in [-0.2, 0) is 20.9 Å². The second kappa shape index (κ2) is 8.97. The summed E-state index contributed by atoms with van der Waals surface area (Å²) < 4.78 is 15.7. The van der Waals surface area contributed by atoms with E-state index in [0.29, 0.717) is 11.4 Å². The van der Waals surface area contributed by atoms with Crippen LogP contribution in [-0.4, -0.2) is 53.9 Å². The fourth-order valence-corrected chi connectivity index (χ4v) is 3.54. The molecule has 31 heavy (non-hydrogen) atoms. The monoisotopic (exact) mass is 422 g/mol. The maximum absolute atomic E-state index is 13.0. The third-order valence-corrected chi connectivity index (χ3v) is 5.23. The number of ether oxygens (including phenoxy) is 2. The van der Waals surface area contributed by atoms with Gasteiger partial charge < -0.3 is 19.7 Å². The predicted octanol–water partition coefficient (Wildman–Crippen LogP) is 1.96. The van der Waals surface area contributed by atoms with Crippen LogP contribution < -0.4 is 10.1 Å². The molecule has 3 aromatic rings. The van der Waals surface area contributed by atoms with Crippen molar-refractivity contribution in [3.63, 3.8) is 0 Å². The first-order chi connectivity index (χ1) is 15.1. The molecule has 2 heterocycles. The molecule has 0 bridgehead atoms. The van der Waals surface area contributed by atoms with Gasteiger partial charge in [-0.25, -0.2) is 4.63 Å². The van der Waals surface area contributed by atoms with Crippen LogP contribution in [0, 0.1) is 0 Å². The van der Waals surface area contributed by atoms with E-state index in [2.05, 4.69) is 15.6 Å². The normalized spacial score (nSPS) is 18.6. The summed E-state index contributed by atoms with van der Waals surface area (Å²) in [6.45, 7) is -0.0523. The fraction of sp³-hybridized carbons (Fsp3) is 0.273. The van der Waals surface area contributed by atoms with Gasteiger partial charge in [-0.2, -0.15) is 0 Å². The first kappa shape index (κ1) is 20.5. The molecule has 1 aliphatic rings. The molecule has 0 spiro atoms.